The van der Waals surface area contributed by atoms with E-state index in [9.17, 15) is 21.6 Å². The fourth-order valence-corrected chi connectivity index (χ4v) is 2.57. The number of hydrogen-bond acceptors (Lipinski definition) is 4. The van der Waals surface area contributed by atoms with E-state index in [0.29, 0.717) is 0 Å². The van der Waals surface area contributed by atoms with Crippen LogP contribution in [0, 0.1) is 5.82 Å². The monoisotopic (exact) mass is 321 g/mol. The SMILES string of the molecule is Cn1cc(S(=O)(=O)Nc2cc(F)ccc2OC(F)F)cn1. The summed E-state index contributed by atoms with van der Waals surface area (Å²) in [5.41, 5.74) is -0.431. The summed E-state index contributed by atoms with van der Waals surface area (Å²) in [5.74, 6) is -1.29. The van der Waals surface area contributed by atoms with E-state index < -0.39 is 33.9 Å². The Labute approximate surface area is 118 Å². The molecule has 1 N–H and O–H groups in total. The Morgan fingerprint density at radius 3 is 2.67 bits per heavy atom. The van der Waals surface area contributed by atoms with E-state index in [4.69, 9.17) is 0 Å². The molecule has 0 saturated heterocycles. The van der Waals surface area contributed by atoms with Crippen molar-refractivity contribution >= 4 is 15.7 Å². The van der Waals surface area contributed by atoms with Crippen molar-refractivity contribution in [2.24, 2.45) is 7.05 Å². The van der Waals surface area contributed by atoms with Gasteiger partial charge in [-0.05, 0) is 12.1 Å². The fourth-order valence-electron chi connectivity index (χ4n) is 1.52. The van der Waals surface area contributed by atoms with E-state index in [0.717, 1.165) is 24.4 Å². The lowest BCUT2D eigenvalue weighted by molar-refractivity contribution is -0.0493. The Balaban J connectivity index is 2.36. The molecule has 0 aliphatic carbocycles. The van der Waals surface area contributed by atoms with Crippen LogP contribution in [0.5, 0.6) is 5.75 Å². The molecule has 10 heteroatoms. The van der Waals surface area contributed by atoms with Crippen LogP contribution in [0.2, 0.25) is 0 Å². The number of nitrogens with zero attached hydrogens (tertiary/aromatic N) is 2. The summed E-state index contributed by atoms with van der Waals surface area (Å²) in [6.45, 7) is -3.17. The summed E-state index contributed by atoms with van der Waals surface area (Å²) in [7, 11) is -2.59. The van der Waals surface area contributed by atoms with Crippen LogP contribution in [0.1, 0.15) is 0 Å². The van der Waals surface area contributed by atoms with Crippen molar-refractivity contribution in [2.75, 3.05) is 4.72 Å². The standard InChI is InChI=1S/C11H10F3N3O3S/c1-17-6-8(5-15-17)21(18,19)16-9-4-7(12)2-3-10(9)20-11(13)14/h2-6,11,16H,1H3. The zero-order chi connectivity index (χ0) is 15.6. The van der Waals surface area contributed by atoms with Gasteiger partial charge in [-0.2, -0.15) is 13.9 Å². The van der Waals surface area contributed by atoms with Crippen LogP contribution in [-0.4, -0.2) is 24.8 Å². The van der Waals surface area contributed by atoms with Crippen LogP contribution in [0.15, 0.2) is 35.5 Å². The number of anilines is 1. The first-order chi connectivity index (χ1) is 9.78. The number of ether oxygens (including phenoxy) is 1. The van der Waals surface area contributed by atoms with Crippen molar-refractivity contribution in [1.82, 2.24) is 9.78 Å². The molecule has 0 spiro atoms. The molecule has 6 nitrogen and oxygen atoms in total. The molecule has 2 rings (SSSR count). The summed E-state index contributed by atoms with van der Waals surface area (Å²) >= 11 is 0. The van der Waals surface area contributed by atoms with E-state index in [1.807, 2.05) is 4.72 Å². The number of halogens is 3. The number of alkyl halides is 2. The van der Waals surface area contributed by atoms with Gasteiger partial charge in [0.2, 0.25) is 0 Å². The van der Waals surface area contributed by atoms with Gasteiger partial charge in [0.05, 0.1) is 11.9 Å². The van der Waals surface area contributed by atoms with Crippen LogP contribution in [0.3, 0.4) is 0 Å². The first-order valence-electron chi connectivity index (χ1n) is 5.54. The molecular formula is C11H10F3N3O3S. The molecule has 21 heavy (non-hydrogen) atoms. The Morgan fingerprint density at radius 2 is 2.10 bits per heavy atom. The normalized spacial score (nSPS) is 11.7. The maximum atomic E-state index is 13.2. The topological polar surface area (TPSA) is 73.2 Å². The molecule has 0 saturated carbocycles. The van der Waals surface area contributed by atoms with Crippen molar-refractivity contribution in [2.45, 2.75) is 11.5 Å². The van der Waals surface area contributed by atoms with Crippen molar-refractivity contribution in [3.8, 4) is 5.75 Å². The lowest BCUT2D eigenvalue weighted by atomic mass is 10.3. The number of nitrogens with one attached hydrogen (secondary N) is 1. The van der Waals surface area contributed by atoms with Gasteiger partial charge in [0.15, 0.2) is 0 Å². The molecule has 1 heterocycles. The van der Waals surface area contributed by atoms with Crippen molar-refractivity contribution < 1.29 is 26.3 Å². The average Bonchev–Trinajstić information content (AvgIpc) is 2.79. The summed E-state index contributed by atoms with van der Waals surface area (Å²) in [4.78, 5) is -0.197. The number of sulfonamides is 1. The highest BCUT2D eigenvalue weighted by Gasteiger charge is 2.20. The third kappa shape index (κ3) is 3.66. The van der Waals surface area contributed by atoms with Gasteiger partial charge in [-0.3, -0.25) is 9.40 Å². The minimum Gasteiger partial charge on any atom is -0.433 e. The molecule has 1 aromatic heterocycles. The minimum atomic E-state index is -4.09. The summed E-state index contributed by atoms with van der Waals surface area (Å²) in [5, 5.41) is 3.69. The number of benzene rings is 1. The van der Waals surface area contributed by atoms with Crippen molar-refractivity contribution in [3.05, 3.63) is 36.4 Å². The van der Waals surface area contributed by atoms with Crippen LogP contribution < -0.4 is 9.46 Å². The molecule has 1 aromatic carbocycles. The summed E-state index contributed by atoms with van der Waals surface area (Å²) < 4.78 is 69.1. The second kappa shape index (κ2) is 5.64. The second-order valence-electron chi connectivity index (χ2n) is 3.97. The second-order valence-corrected chi connectivity index (χ2v) is 5.66. The molecule has 0 bridgehead atoms. The zero-order valence-corrected chi connectivity index (χ0v) is 11.4. The van der Waals surface area contributed by atoms with Gasteiger partial charge >= 0.3 is 6.61 Å². The summed E-state index contributed by atoms with van der Waals surface area (Å²) in [6, 6.07) is 2.52. The highest BCUT2D eigenvalue weighted by atomic mass is 32.2. The minimum absolute atomic E-state index is 0.197. The van der Waals surface area contributed by atoms with Gasteiger partial charge < -0.3 is 4.74 Å². The van der Waals surface area contributed by atoms with Crippen molar-refractivity contribution in [1.29, 1.82) is 0 Å². The van der Waals surface area contributed by atoms with Crippen LogP contribution >= 0.6 is 0 Å². The van der Waals surface area contributed by atoms with E-state index in [2.05, 4.69) is 9.84 Å². The first kappa shape index (κ1) is 15.2. The maximum absolute atomic E-state index is 13.2. The van der Waals surface area contributed by atoms with E-state index in [1.54, 1.807) is 0 Å². The zero-order valence-electron chi connectivity index (χ0n) is 10.6. The molecule has 114 valence electrons. The molecule has 2 aromatic rings. The third-order valence-electron chi connectivity index (χ3n) is 2.39. The largest absolute Gasteiger partial charge is 0.433 e. The number of hydrogen-bond donors (Lipinski definition) is 1. The van der Waals surface area contributed by atoms with Gasteiger partial charge in [0.25, 0.3) is 10.0 Å². The molecule has 0 radical (unpaired) electrons. The highest BCUT2D eigenvalue weighted by Crippen LogP contribution is 2.29. The molecule has 0 unspecified atom stereocenters. The van der Waals surface area contributed by atoms with Gasteiger partial charge in [-0.1, -0.05) is 0 Å². The lowest BCUT2D eigenvalue weighted by Crippen LogP contribution is -2.14. The third-order valence-corrected chi connectivity index (χ3v) is 3.71. The maximum Gasteiger partial charge on any atom is 0.387 e. The van der Waals surface area contributed by atoms with E-state index in [1.165, 1.54) is 17.9 Å². The number of aromatic nitrogens is 2. The number of aryl methyl sites for hydroxylation is 1. The van der Waals surface area contributed by atoms with Crippen LogP contribution in [0.25, 0.3) is 0 Å². The molecular weight excluding hydrogens is 311 g/mol. The smallest absolute Gasteiger partial charge is 0.387 e. The predicted octanol–water partition coefficient (Wildman–Crippen LogP) is 1.96. The Morgan fingerprint density at radius 1 is 1.38 bits per heavy atom. The molecule has 0 atom stereocenters. The fraction of sp³-hybridized carbons (Fsp3) is 0.182. The van der Waals surface area contributed by atoms with E-state index >= 15 is 0 Å². The average molecular weight is 321 g/mol. The predicted molar refractivity (Wildman–Crippen MR) is 67.0 cm³/mol. The molecule has 0 aliphatic heterocycles. The van der Waals surface area contributed by atoms with Gasteiger partial charge in [-0.25, -0.2) is 12.8 Å². The Hall–Kier alpha value is -2.23. The van der Waals surface area contributed by atoms with Gasteiger partial charge in [0.1, 0.15) is 16.5 Å². The highest BCUT2D eigenvalue weighted by molar-refractivity contribution is 7.92. The van der Waals surface area contributed by atoms with E-state index in [-0.39, 0.29) is 4.90 Å². The first-order valence-corrected chi connectivity index (χ1v) is 7.02. The van der Waals surface area contributed by atoms with Crippen molar-refractivity contribution in [3.63, 3.8) is 0 Å². The van der Waals surface area contributed by atoms with Gasteiger partial charge in [-0.15, -0.1) is 0 Å². The quantitative estimate of drug-likeness (QED) is 0.914. The molecule has 0 amide bonds. The molecule has 0 aliphatic rings. The lowest BCUT2D eigenvalue weighted by Gasteiger charge is -2.12. The van der Waals surface area contributed by atoms with Crippen LogP contribution in [0.4, 0.5) is 18.9 Å². The van der Waals surface area contributed by atoms with Crippen LogP contribution in [-0.2, 0) is 17.1 Å². The summed E-state index contributed by atoms with van der Waals surface area (Å²) in [6.07, 6.45) is 2.27. The Bertz CT molecular complexity index is 746. The van der Waals surface area contributed by atoms with Gasteiger partial charge in [0, 0.05) is 19.3 Å². The number of rotatable bonds is 5. The Kier molecular flexibility index (Phi) is 4.07. The molecule has 0 fully saturated rings.